The number of aromatic amines is 1. The minimum Gasteiger partial charge on any atom is -0.353 e. The van der Waals surface area contributed by atoms with Crippen molar-refractivity contribution < 1.29 is 4.79 Å². The van der Waals surface area contributed by atoms with Crippen LogP contribution in [0.2, 0.25) is 5.02 Å². The van der Waals surface area contributed by atoms with E-state index < -0.39 is 0 Å². The number of anilines is 1. The average molecular weight is 557 g/mol. The first-order valence-corrected chi connectivity index (χ1v) is 14.4. The standard InChI is InChI=1S/C35H29ClN4O/c1-2-40-32-12-6-4-9-25(32)28-21-24(16-19-33(28)40)37-34(41)13-7-10-26-27-20-23(36)15-18-30(27)39-35(26)31-17-14-22-8-3-5-11-29(22)38-31/h3-6,8-9,11-12,14-21,39H,2,7,10,13H2,1H3,(H,37,41). The van der Waals surface area contributed by atoms with Crippen LogP contribution >= 0.6 is 11.6 Å². The zero-order chi connectivity index (χ0) is 27.9. The van der Waals surface area contributed by atoms with Crippen molar-refractivity contribution in [2.24, 2.45) is 0 Å². The van der Waals surface area contributed by atoms with Crippen molar-refractivity contribution >= 4 is 66.8 Å². The monoisotopic (exact) mass is 556 g/mol. The summed E-state index contributed by atoms with van der Waals surface area (Å²) < 4.78 is 2.31. The van der Waals surface area contributed by atoms with Crippen LogP contribution in [0.25, 0.3) is 55.0 Å². The molecule has 0 unspecified atom stereocenters. The number of pyridine rings is 1. The van der Waals surface area contributed by atoms with E-state index >= 15 is 0 Å². The first kappa shape index (κ1) is 25.4. The predicted molar refractivity (Wildman–Crippen MR) is 171 cm³/mol. The highest BCUT2D eigenvalue weighted by atomic mass is 35.5. The van der Waals surface area contributed by atoms with E-state index in [1.165, 1.54) is 16.4 Å². The third-order valence-corrected chi connectivity index (χ3v) is 8.16. The smallest absolute Gasteiger partial charge is 0.224 e. The summed E-state index contributed by atoms with van der Waals surface area (Å²) in [6.45, 7) is 3.05. The first-order valence-electron chi connectivity index (χ1n) is 14.1. The third kappa shape index (κ3) is 4.62. The minimum atomic E-state index is 0.00633. The van der Waals surface area contributed by atoms with E-state index in [9.17, 15) is 4.79 Å². The van der Waals surface area contributed by atoms with Gasteiger partial charge in [0, 0.05) is 61.8 Å². The van der Waals surface area contributed by atoms with Crippen LogP contribution < -0.4 is 5.32 Å². The van der Waals surface area contributed by atoms with Crippen LogP contribution in [0.4, 0.5) is 5.69 Å². The number of para-hydroxylation sites is 2. The molecule has 0 saturated carbocycles. The number of aryl methyl sites for hydroxylation is 2. The second kappa shape index (κ2) is 10.4. The van der Waals surface area contributed by atoms with Gasteiger partial charge in [-0.1, -0.05) is 54.1 Å². The number of H-pyrrole nitrogens is 1. The maximum absolute atomic E-state index is 13.1. The summed E-state index contributed by atoms with van der Waals surface area (Å²) >= 11 is 6.39. The van der Waals surface area contributed by atoms with E-state index in [1.54, 1.807) is 0 Å². The third-order valence-electron chi connectivity index (χ3n) is 7.93. The van der Waals surface area contributed by atoms with Crippen molar-refractivity contribution in [1.29, 1.82) is 0 Å². The second-order valence-corrected chi connectivity index (χ2v) is 10.9. The summed E-state index contributed by atoms with van der Waals surface area (Å²) in [5.74, 6) is 0.00633. The Morgan fingerprint density at radius 1 is 0.878 bits per heavy atom. The number of nitrogens with one attached hydrogen (secondary N) is 2. The molecule has 7 aromatic rings. The van der Waals surface area contributed by atoms with Crippen molar-refractivity contribution in [2.75, 3.05) is 5.32 Å². The molecule has 0 aliphatic heterocycles. The van der Waals surface area contributed by atoms with Gasteiger partial charge in [-0.05, 0) is 79.9 Å². The molecule has 2 N–H and O–H groups in total. The summed E-state index contributed by atoms with van der Waals surface area (Å²) in [6.07, 6.45) is 1.83. The molecule has 7 rings (SSSR count). The fraction of sp³-hybridized carbons (Fsp3) is 0.143. The van der Waals surface area contributed by atoms with Crippen LogP contribution in [0.5, 0.6) is 0 Å². The number of carbonyl (C=O) groups excluding carboxylic acids is 1. The van der Waals surface area contributed by atoms with E-state index in [0.29, 0.717) is 17.9 Å². The van der Waals surface area contributed by atoms with E-state index in [1.807, 2.05) is 42.5 Å². The molecule has 202 valence electrons. The van der Waals surface area contributed by atoms with Gasteiger partial charge in [-0.3, -0.25) is 4.79 Å². The summed E-state index contributed by atoms with van der Waals surface area (Å²) in [7, 11) is 0. The lowest BCUT2D eigenvalue weighted by Gasteiger charge is -2.08. The highest BCUT2D eigenvalue weighted by Crippen LogP contribution is 2.34. The number of nitrogens with zero attached hydrogens (tertiary/aromatic N) is 2. The Kier molecular flexibility index (Phi) is 6.44. The normalized spacial score (nSPS) is 11.7. The van der Waals surface area contributed by atoms with Crippen molar-refractivity contribution in [3.63, 3.8) is 0 Å². The number of aromatic nitrogens is 3. The molecule has 5 nitrogen and oxygen atoms in total. The Hall–Kier alpha value is -4.61. The number of carbonyl (C=O) groups is 1. The summed E-state index contributed by atoms with van der Waals surface area (Å²) in [4.78, 5) is 21.6. The van der Waals surface area contributed by atoms with Gasteiger partial charge in [-0.25, -0.2) is 4.98 Å². The predicted octanol–water partition coefficient (Wildman–Crippen LogP) is 9.13. The molecule has 0 radical (unpaired) electrons. The number of halogens is 1. The maximum atomic E-state index is 13.1. The number of rotatable bonds is 7. The van der Waals surface area contributed by atoms with Crippen LogP contribution in [0, 0.1) is 0 Å². The molecule has 0 saturated heterocycles. The van der Waals surface area contributed by atoms with Gasteiger partial charge >= 0.3 is 0 Å². The first-order chi connectivity index (χ1) is 20.1. The van der Waals surface area contributed by atoms with E-state index in [0.717, 1.165) is 62.8 Å². The van der Waals surface area contributed by atoms with Gasteiger partial charge in [0.1, 0.15) is 0 Å². The number of hydrogen-bond donors (Lipinski definition) is 2. The van der Waals surface area contributed by atoms with E-state index in [4.69, 9.17) is 16.6 Å². The Bertz CT molecular complexity index is 2090. The zero-order valence-corrected chi connectivity index (χ0v) is 23.5. The summed E-state index contributed by atoms with van der Waals surface area (Å²) in [5, 5.41) is 8.35. The van der Waals surface area contributed by atoms with Crippen molar-refractivity contribution in [3.8, 4) is 11.4 Å². The van der Waals surface area contributed by atoms with Gasteiger partial charge in [0.15, 0.2) is 0 Å². The maximum Gasteiger partial charge on any atom is 0.224 e. The van der Waals surface area contributed by atoms with Gasteiger partial charge in [0.25, 0.3) is 0 Å². The molecule has 3 heterocycles. The van der Waals surface area contributed by atoms with E-state index in [-0.39, 0.29) is 5.91 Å². The molecule has 6 heteroatoms. The lowest BCUT2D eigenvalue weighted by Crippen LogP contribution is -2.11. The Morgan fingerprint density at radius 2 is 1.71 bits per heavy atom. The fourth-order valence-electron chi connectivity index (χ4n) is 6.02. The van der Waals surface area contributed by atoms with Gasteiger partial charge in [-0.15, -0.1) is 0 Å². The molecular formula is C35H29ClN4O. The molecule has 41 heavy (non-hydrogen) atoms. The molecule has 0 spiro atoms. The Labute approximate surface area is 242 Å². The quantitative estimate of drug-likeness (QED) is 0.205. The van der Waals surface area contributed by atoms with Crippen LogP contribution in [-0.2, 0) is 17.8 Å². The van der Waals surface area contributed by atoms with Gasteiger partial charge in [0.05, 0.1) is 16.9 Å². The summed E-state index contributed by atoms with van der Waals surface area (Å²) in [5.41, 5.74) is 8.17. The van der Waals surface area contributed by atoms with Gasteiger partial charge in [-0.2, -0.15) is 0 Å². The lowest BCUT2D eigenvalue weighted by atomic mass is 10.0. The number of fused-ring (bicyclic) bond motifs is 5. The summed E-state index contributed by atoms with van der Waals surface area (Å²) in [6, 6.07) is 32.8. The minimum absolute atomic E-state index is 0.00633. The average Bonchev–Trinajstić information content (AvgIpc) is 3.51. The van der Waals surface area contributed by atoms with Gasteiger partial charge < -0.3 is 14.9 Å². The van der Waals surface area contributed by atoms with Crippen LogP contribution in [0.15, 0.2) is 97.1 Å². The lowest BCUT2D eigenvalue weighted by molar-refractivity contribution is -0.116. The largest absolute Gasteiger partial charge is 0.353 e. The zero-order valence-electron chi connectivity index (χ0n) is 22.7. The second-order valence-electron chi connectivity index (χ2n) is 10.5. The molecule has 0 aliphatic rings. The molecule has 0 atom stereocenters. The highest BCUT2D eigenvalue weighted by Gasteiger charge is 2.16. The van der Waals surface area contributed by atoms with Crippen molar-refractivity contribution in [1.82, 2.24) is 14.5 Å². The molecule has 0 aliphatic carbocycles. The number of benzene rings is 4. The van der Waals surface area contributed by atoms with Gasteiger partial charge in [0.2, 0.25) is 5.91 Å². The number of amides is 1. The molecule has 0 bridgehead atoms. The molecule has 0 fully saturated rings. The molecule has 3 aromatic heterocycles. The van der Waals surface area contributed by atoms with Crippen molar-refractivity contribution in [3.05, 3.63) is 108 Å². The topological polar surface area (TPSA) is 62.7 Å². The van der Waals surface area contributed by atoms with Crippen LogP contribution in [-0.4, -0.2) is 20.4 Å². The molecule has 1 amide bonds. The Morgan fingerprint density at radius 3 is 2.61 bits per heavy atom. The van der Waals surface area contributed by atoms with Crippen LogP contribution in [0.1, 0.15) is 25.3 Å². The fourth-order valence-corrected chi connectivity index (χ4v) is 6.20. The molecular weight excluding hydrogens is 528 g/mol. The Balaban J connectivity index is 1.13. The van der Waals surface area contributed by atoms with E-state index in [2.05, 4.69) is 76.4 Å². The number of hydrogen-bond acceptors (Lipinski definition) is 2. The van der Waals surface area contributed by atoms with Crippen molar-refractivity contribution in [2.45, 2.75) is 32.7 Å². The highest BCUT2D eigenvalue weighted by molar-refractivity contribution is 6.31. The molecule has 4 aromatic carbocycles. The SMILES string of the molecule is CCn1c2ccccc2c2cc(NC(=O)CCCc3c(-c4ccc5ccccc5n4)[nH]c4ccc(Cl)cc34)ccc21. The van der Waals surface area contributed by atoms with Crippen LogP contribution in [0.3, 0.4) is 0 Å².